The molecule has 0 spiro atoms. The molecule has 2 rings (SSSR count). The van der Waals surface area contributed by atoms with Crippen molar-refractivity contribution in [2.24, 2.45) is 0 Å². The molecule has 0 aromatic heterocycles. The topological polar surface area (TPSA) is 30.5 Å². The molecule has 0 heterocycles. The van der Waals surface area contributed by atoms with Gasteiger partial charge in [-0.25, -0.2) is 0 Å². The lowest BCUT2D eigenvalue weighted by Crippen LogP contribution is -2.14. The van der Waals surface area contributed by atoms with Crippen molar-refractivity contribution in [3.63, 3.8) is 0 Å². The van der Waals surface area contributed by atoms with E-state index in [1.54, 1.807) is 19.2 Å². The first-order chi connectivity index (χ1) is 11.1. The Bertz CT molecular complexity index is 660. The minimum Gasteiger partial charge on any atom is -0.493 e. The van der Waals surface area contributed by atoms with Gasteiger partial charge in [0.1, 0.15) is 6.61 Å². The number of rotatable bonds is 7. The van der Waals surface area contributed by atoms with Crippen LogP contribution >= 0.6 is 39.1 Å². The maximum absolute atomic E-state index is 6.21. The molecule has 0 saturated heterocycles. The maximum Gasteiger partial charge on any atom is 0.167 e. The Labute approximate surface area is 155 Å². The lowest BCUT2D eigenvalue weighted by molar-refractivity contribution is 0.280. The molecule has 2 aromatic rings. The van der Waals surface area contributed by atoms with Crippen LogP contribution in [-0.4, -0.2) is 13.7 Å². The van der Waals surface area contributed by atoms with Crippen LogP contribution in [0.3, 0.4) is 0 Å². The van der Waals surface area contributed by atoms with Crippen molar-refractivity contribution in [3.8, 4) is 11.5 Å². The SMILES string of the molecule is CCNCc1c(Br)ccc(OC)c1OCc1c(Cl)cccc1Cl. The van der Waals surface area contributed by atoms with Crippen LogP contribution in [0, 0.1) is 0 Å². The molecule has 0 bridgehead atoms. The highest BCUT2D eigenvalue weighted by molar-refractivity contribution is 9.10. The van der Waals surface area contributed by atoms with Crippen molar-refractivity contribution in [2.45, 2.75) is 20.1 Å². The van der Waals surface area contributed by atoms with Gasteiger partial charge >= 0.3 is 0 Å². The fraction of sp³-hybridized carbons (Fsp3) is 0.294. The molecule has 0 atom stereocenters. The Morgan fingerprint density at radius 2 is 1.78 bits per heavy atom. The lowest BCUT2D eigenvalue weighted by atomic mass is 10.1. The highest BCUT2D eigenvalue weighted by Gasteiger charge is 2.16. The summed E-state index contributed by atoms with van der Waals surface area (Å²) < 4.78 is 12.4. The first kappa shape index (κ1) is 18.4. The van der Waals surface area contributed by atoms with Crippen molar-refractivity contribution < 1.29 is 9.47 Å². The quantitative estimate of drug-likeness (QED) is 0.648. The van der Waals surface area contributed by atoms with E-state index in [-0.39, 0.29) is 6.61 Å². The van der Waals surface area contributed by atoms with Gasteiger partial charge in [-0.1, -0.05) is 52.1 Å². The number of nitrogens with one attached hydrogen (secondary N) is 1. The average molecular weight is 419 g/mol. The Hall–Kier alpha value is -0.940. The molecular weight excluding hydrogens is 401 g/mol. The first-order valence-corrected chi connectivity index (χ1v) is 8.75. The van der Waals surface area contributed by atoms with E-state index in [2.05, 4.69) is 28.2 Å². The summed E-state index contributed by atoms with van der Waals surface area (Å²) >= 11 is 16.0. The summed E-state index contributed by atoms with van der Waals surface area (Å²) in [5, 5.41) is 4.47. The number of benzene rings is 2. The predicted octanol–water partition coefficient (Wildman–Crippen LogP) is 5.45. The van der Waals surface area contributed by atoms with E-state index in [0.717, 1.165) is 22.1 Å². The van der Waals surface area contributed by atoms with Gasteiger partial charge in [0.05, 0.1) is 7.11 Å². The smallest absolute Gasteiger partial charge is 0.167 e. The molecule has 124 valence electrons. The fourth-order valence-corrected chi connectivity index (χ4v) is 3.09. The van der Waals surface area contributed by atoms with Gasteiger partial charge in [-0.15, -0.1) is 0 Å². The van der Waals surface area contributed by atoms with Crippen molar-refractivity contribution in [2.75, 3.05) is 13.7 Å². The van der Waals surface area contributed by atoms with Crippen molar-refractivity contribution in [1.82, 2.24) is 5.32 Å². The molecule has 2 aromatic carbocycles. The van der Waals surface area contributed by atoms with Crippen LogP contribution in [0.5, 0.6) is 11.5 Å². The summed E-state index contributed by atoms with van der Waals surface area (Å²) in [6, 6.07) is 9.21. The van der Waals surface area contributed by atoms with Gasteiger partial charge in [-0.2, -0.15) is 0 Å². The van der Waals surface area contributed by atoms with E-state index in [1.165, 1.54) is 0 Å². The summed E-state index contributed by atoms with van der Waals surface area (Å²) in [5.74, 6) is 1.35. The van der Waals surface area contributed by atoms with Crippen molar-refractivity contribution >= 4 is 39.1 Å². The Morgan fingerprint density at radius 3 is 2.39 bits per heavy atom. The number of ether oxygens (including phenoxy) is 2. The largest absolute Gasteiger partial charge is 0.493 e. The van der Waals surface area contributed by atoms with Crippen molar-refractivity contribution in [3.05, 3.63) is 56.0 Å². The molecule has 0 fully saturated rings. The standard InChI is InChI=1S/C17H18BrCl2NO2/c1-3-21-9-11-13(18)7-8-16(22-2)17(11)23-10-12-14(19)5-4-6-15(12)20/h4-8,21H,3,9-10H2,1-2H3. The zero-order valence-electron chi connectivity index (χ0n) is 13.0. The second kappa shape index (κ2) is 8.78. The van der Waals surface area contributed by atoms with E-state index in [4.69, 9.17) is 32.7 Å². The first-order valence-electron chi connectivity index (χ1n) is 7.20. The minimum absolute atomic E-state index is 0.268. The number of hydrogen-bond donors (Lipinski definition) is 1. The predicted molar refractivity (Wildman–Crippen MR) is 98.9 cm³/mol. The molecule has 0 amide bonds. The Balaban J connectivity index is 2.32. The second-order valence-corrected chi connectivity index (χ2v) is 6.50. The molecule has 0 aliphatic heterocycles. The monoisotopic (exact) mass is 417 g/mol. The number of methoxy groups -OCH3 is 1. The Morgan fingerprint density at radius 1 is 1.09 bits per heavy atom. The molecule has 1 N–H and O–H groups in total. The van der Waals surface area contributed by atoms with E-state index in [0.29, 0.717) is 28.1 Å². The minimum atomic E-state index is 0.268. The molecule has 3 nitrogen and oxygen atoms in total. The van der Waals surface area contributed by atoms with Crippen LogP contribution < -0.4 is 14.8 Å². The average Bonchev–Trinajstić information content (AvgIpc) is 2.53. The summed E-state index contributed by atoms with van der Waals surface area (Å²) in [6.45, 7) is 3.85. The van der Waals surface area contributed by atoms with Crippen LogP contribution in [0.25, 0.3) is 0 Å². The van der Waals surface area contributed by atoms with Gasteiger partial charge in [0.2, 0.25) is 0 Å². The Kier molecular flexibility index (Phi) is 7.03. The third-order valence-electron chi connectivity index (χ3n) is 3.36. The van der Waals surface area contributed by atoms with Gasteiger partial charge in [-0.05, 0) is 30.8 Å². The number of hydrogen-bond acceptors (Lipinski definition) is 3. The third kappa shape index (κ3) is 4.54. The summed E-state index contributed by atoms with van der Waals surface area (Å²) in [7, 11) is 1.62. The number of halogens is 3. The summed E-state index contributed by atoms with van der Waals surface area (Å²) in [5.41, 5.74) is 1.75. The van der Waals surface area contributed by atoms with E-state index >= 15 is 0 Å². The lowest BCUT2D eigenvalue weighted by Gasteiger charge is -2.17. The van der Waals surface area contributed by atoms with Gasteiger partial charge in [0, 0.05) is 32.2 Å². The molecular formula is C17H18BrCl2NO2. The van der Waals surface area contributed by atoms with Crippen LogP contribution in [0.15, 0.2) is 34.8 Å². The molecule has 0 aliphatic rings. The molecule has 6 heteroatoms. The normalized spacial score (nSPS) is 10.7. The summed E-state index contributed by atoms with van der Waals surface area (Å²) in [4.78, 5) is 0. The third-order valence-corrected chi connectivity index (χ3v) is 4.81. The fourth-order valence-electron chi connectivity index (χ4n) is 2.13. The van der Waals surface area contributed by atoms with Crippen LogP contribution in [0.2, 0.25) is 10.0 Å². The van der Waals surface area contributed by atoms with Gasteiger partial charge in [0.25, 0.3) is 0 Å². The molecule has 23 heavy (non-hydrogen) atoms. The zero-order valence-corrected chi connectivity index (χ0v) is 16.1. The highest BCUT2D eigenvalue weighted by Crippen LogP contribution is 2.37. The maximum atomic E-state index is 6.21. The molecule has 0 saturated carbocycles. The van der Waals surface area contributed by atoms with Gasteiger partial charge < -0.3 is 14.8 Å². The van der Waals surface area contributed by atoms with E-state index in [9.17, 15) is 0 Å². The van der Waals surface area contributed by atoms with Crippen molar-refractivity contribution in [1.29, 1.82) is 0 Å². The van der Waals surface area contributed by atoms with Crippen LogP contribution in [0.1, 0.15) is 18.1 Å². The molecule has 0 unspecified atom stereocenters. The second-order valence-electron chi connectivity index (χ2n) is 4.83. The van der Waals surface area contributed by atoms with Gasteiger partial charge in [-0.3, -0.25) is 0 Å². The zero-order chi connectivity index (χ0) is 16.8. The molecule has 0 radical (unpaired) electrons. The van der Waals surface area contributed by atoms with Crippen LogP contribution in [0.4, 0.5) is 0 Å². The van der Waals surface area contributed by atoms with E-state index in [1.807, 2.05) is 18.2 Å². The molecule has 0 aliphatic carbocycles. The van der Waals surface area contributed by atoms with Gasteiger partial charge in [0.15, 0.2) is 11.5 Å². The highest BCUT2D eigenvalue weighted by atomic mass is 79.9. The summed E-state index contributed by atoms with van der Waals surface area (Å²) in [6.07, 6.45) is 0. The van der Waals surface area contributed by atoms with E-state index < -0.39 is 0 Å². The van der Waals surface area contributed by atoms with Crippen LogP contribution in [-0.2, 0) is 13.2 Å².